The van der Waals surface area contributed by atoms with Crippen molar-refractivity contribution >= 4 is 54.8 Å². The molecule has 0 aromatic heterocycles. The number of ether oxygens (including phenoxy) is 2. The number of carbonyl (C=O) groups is 4. The summed E-state index contributed by atoms with van der Waals surface area (Å²) in [4.78, 5) is 55.2. The molecule has 0 aliphatic carbocycles. The lowest BCUT2D eigenvalue weighted by atomic mass is 10.0. The van der Waals surface area contributed by atoms with Gasteiger partial charge >= 0.3 is 13.6 Å². The van der Waals surface area contributed by atoms with E-state index in [-0.39, 0.29) is 12.5 Å². The van der Waals surface area contributed by atoms with Crippen LogP contribution >= 0.6 is 31.1 Å². The zero-order valence-corrected chi connectivity index (χ0v) is 33.7. The van der Waals surface area contributed by atoms with E-state index < -0.39 is 61.7 Å². The molecule has 0 radical (unpaired) electrons. The fraction of sp³-hybridized carbons (Fsp3) is 0.421. The highest BCUT2D eigenvalue weighted by Gasteiger charge is 2.46. The van der Waals surface area contributed by atoms with E-state index in [0.717, 1.165) is 9.79 Å². The topological polar surface area (TPSA) is 170 Å². The average molecular weight is 802 g/mol. The second-order valence-electron chi connectivity index (χ2n) is 13.2. The lowest BCUT2D eigenvalue weighted by molar-refractivity contribution is -0.142. The highest BCUT2D eigenvalue weighted by Crippen LogP contribution is 2.54. The lowest BCUT2D eigenvalue weighted by Gasteiger charge is -2.34. The van der Waals surface area contributed by atoms with E-state index in [2.05, 4.69) is 10.6 Å². The Labute approximate surface area is 324 Å². The van der Waals surface area contributed by atoms with Crippen LogP contribution in [0.5, 0.6) is 23.0 Å². The number of benzene rings is 3. The third kappa shape index (κ3) is 11.8. The number of amides is 3. The molecule has 292 valence electrons. The third-order valence-electron chi connectivity index (χ3n) is 8.49. The molecule has 3 N–H and O–H groups in total. The quantitative estimate of drug-likeness (QED) is 0.0884. The number of likely N-dealkylation sites (tertiary alicyclic amines) is 1. The first-order valence-electron chi connectivity index (χ1n) is 17.5. The molecule has 1 fully saturated rings. The molecule has 1 aliphatic rings. The largest absolute Gasteiger partial charge is 0.484 e. The maximum absolute atomic E-state index is 14.9. The van der Waals surface area contributed by atoms with Gasteiger partial charge < -0.3 is 39.2 Å². The van der Waals surface area contributed by atoms with Crippen molar-refractivity contribution in [1.29, 1.82) is 0 Å². The molecule has 13 nitrogen and oxygen atoms in total. The number of carboxylic acid groups (broad SMARTS) is 1. The third-order valence-corrected chi connectivity index (χ3v) is 12.3. The fourth-order valence-corrected chi connectivity index (χ4v) is 8.62. The summed E-state index contributed by atoms with van der Waals surface area (Å²) in [6.07, 6.45) is 4.82. The van der Waals surface area contributed by atoms with Gasteiger partial charge in [0.2, 0.25) is 11.8 Å². The molecular weight excluding hydrogens is 754 g/mol. The summed E-state index contributed by atoms with van der Waals surface area (Å²) >= 11 is 3.11. The molecule has 1 saturated heterocycles. The number of hydrogen-bond acceptors (Lipinski definition) is 11. The summed E-state index contributed by atoms with van der Waals surface area (Å²) < 4.78 is 37.9. The van der Waals surface area contributed by atoms with Gasteiger partial charge in [-0.2, -0.15) is 0 Å². The van der Waals surface area contributed by atoms with Crippen molar-refractivity contribution in [3.8, 4) is 23.0 Å². The van der Waals surface area contributed by atoms with E-state index in [1.165, 1.54) is 29.2 Å². The van der Waals surface area contributed by atoms with Gasteiger partial charge in [0.25, 0.3) is 5.91 Å². The number of aliphatic carboxylic acids is 1. The van der Waals surface area contributed by atoms with Crippen LogP contribution in [0, 0.1) is 11.8 Å². The van der Waals surface area contributed by atoms with E-state index in [1.807, 2.05) is 50.6 Å². The standard InChI is InChI=1S/C38H48N3O10PS2/c1-24(2)35(39-33(42)22-48-26-9-11-27(12-10-26)49-23-34(43)44)38(46)41-21-7-8-32(41)36(45)40-37(25(3)4)52(47,50-28-13-17-30(53-5)18-14-28)51-29-15-19-31(54-6)20-16-29/h9-20,24-25,32,35,37H,7-8,21-23H2,1-6H3,(H,39,42)(H,40,45)(H,43,44)/t32-,35-,37?/m0/s1. The van der Waals surface area contributed by atoms with Gasteiger partial charge in [-0.25, -0.2) is 9.36 Å². The van der Waals surface area contributed by atoms with E-state index in [9.17, 15) is 23.7 Å². The Morgan fingerprint density at radius 2 is 1.24 bits per heavy atom. The number of carboxylic acids is 1. The normalized spacial score (nSPS) is 15.3. The molecule has 54 heavy (non-hydrogen) atoms. The van der Waals surface area contributed by atoms with Crippen molar-refractivity contribution in [2.24, 2.45) is 11.8 Å². The van der Waals surface area contributed by atoms with Crippen molar-refractivity contribution in [2.45, 2.75) is 68.2 Å². The smallest absolute Gasteiger partial charge is 0.453 e. The van der Waals surface area contributed by atoms with Crippen LogP contribution < -0.4 is 29.2 Å². The monoisotopic (exact) mass is 801 g/mol. The molecule has 16 heteroatoms. The van der Waals surface area contributed by atoms with Crippen molar-refractivity contribution in [3.63, 3.8) is 0 Å². The summed E-state index contributed by atoms with van der Waals surface area (Å²) in [5.41, 5.74) is 0. The minimum Gasteiger partial charge on any atom is -0.484 e. The first-order chi connectivity index (χ1) is 25.7. The van der Waals surface area contributed by atoms with Crippen LogP contribution in [0.1, 0.15) is 40.5 Å². The van der Waals surface area contributed by atoms with Gasteiger partial charge in [0.15, 0.2) is 19.0 Å². The van der Waals surface area contributed by atoms with Crippen molar-refractivity contribution < 1.29 is 47.4 Å². The van der Waals surface area contributed by atoms with Crippen LogP contribution in [-0.4, -0.2) is 83.8 Å². The molecule has 3 atom stereocenters. The molecule has 4 rings (SSSR count). The van der Waals surface area contributed by atoms with Gasteiger partial charge in [-0.1, -0.05) is 27.7 Å². The van der Waals surface area contributed by atoms with Crippen LogP contribution in [0.15, 0.2) is 82.6 Å². The van der Waals surface area contributed by atoms with E-state index in [4.69, 9.17) is 23.6 Å². The predicted molar refractivity (Wildman–Crippen MR) is 209 cm³/mol. The Morgan fingerprint density at radius 1 is 0.759 bits per heavy atom. The van der Waals surface area contributed by atoms with Crippen LogP contribution in [0.3, 0.4) is 0 Å². The number of nitrogens with one attached hydrogen (secondary N) is 2. The average Bonchev–Trinajstić information content (AvgIpc) is 3.65. The van der Waals surface area contributed by atoms with Crippen molar-refractivity contribution in [3.05, 3.63) is 72.8 Å². The Kier molecular flexibility index (Phi) is 15.6. The Balaban J connectivity index is 1.47. The fourth-order valence-electron chi connectivity index (χ4n) is 5.69. The molecule has 3 aromatic carbocycles. The second-order valence-corrected chi connectivity index (χ2v) is 17.0. The van der Waals surface area contributed by atoms with Crippen molar-refractivity contribution in [1.82, 2.24) is 15.5 Å². The van der Waals surface area contributed by atoms with Crippen LogP contribution in [0.4, 0.5) is 0 Å². The van der Waals surface area contributed by atoms with Gasteiger partial charge in [-0.15, -0.1) is 23.5 Å². The first-order valence-corrected chi connectivity index (χ1v) is 21.5. The number of nitrogens with zero attached hydrogens (tertiary/aromatic N) is 1. The highest BCUT2D eigenvalue weighted by atomic mass is 32.2. The van der Waals surface area contributed by atoms with Gasteiger partial charge in [0, 0.05) is 16.3 Å². The zero-order chi connectivity index (χ0) is 39.4. The molecule has 1 heterocycles. The van der Waals surface area contributed by atoms with Crippen molar-refractivity contribution in [2.75, 3.05) is 32.3 Å². The molecule has 0 bridgehead atoms. The van der Waals surface area contributed by atoms with Crippen LogP contribution in [0.25, 0.3) is 0 Å². The summed E-state index contributed by atoms with van der Waals surface area (Å²) in [6, 6.07) is 18.5. The second kappa shape index (κ2) is 19.8. The summed E-state index contributed by atoms with van der Waals surface area (Å²) in [6.45, 7) is 6.62. The molecule has 3 amide bonds. The van der Waals surface area contributed by atoms with Gasteiger partial charge in [0.1, 0.15) is 35.1 Å². The van der Waals surface area contributed by atoms with Crippen LogP contribution in [0.2, 0.25) is 0 Å². The number of rotatable bonds is 19. The molecule has 1 aliphatic heterocycles. The SMILES string of the molecule is CSc1ccc(OP(=O)(Oc2ccc(SC)cc2)C(NC(=O)[C@@H]2CCCN2C(=O)[C@@H](NC(=O)COc2ccc(OCC(=O)O)cc2)C(C)C)C(C)C)cc1. The molecular formula is C38H48N3O10PS2. The number of hydrogen-bond donors (Lipinski definition) is 3. The van der Waals surface area contributed by atoms with Gasteiger partial charge in [-0.3, -0.25) is 14.4 Å². The summed E-state index contributed by atoms with van der Waals surface area (Å²) in [7, 11) is -4.16. The van der Waals surface area contributed by atoms with E-state index in [1.54, 1.807) is 61.6 Å². The highest BCUT2D eigenvalue weighted by molar-refractivity contribution is 7.98. The number of carbonyl (C=O) groups excluding carboxylic acids is 3. The van der Waals surface area contributed by atoms with E-state index >= 15 is 0 Å². The minimum atomic E-state index is -4.16. The zero-order valence-electron chi connectivity index (χ0n) is 31.2. The molecule has 0 spiro atoms. The maximum atomic E-state index is 14.9. The first kappa shape index (κ1) is 42.4. The Bertz CT molecular complexity index is 1720. The lowest BCUT2D eigenvalue weighted by Crippen LogP contribution is -2.56. The molecule has 1 unspecified atom stereocenters. The molecule has 3 aromatic rings. The minimum absolute atomic E-state index is 0.295. The molecule has 0 saturated carbocycles. The Hall–Kier alpha value is -4.33. The predicted octanol–water partition coefficient (Wildman–Crippen LogP) is 6.55. The maximum Gasteiger partial charge on any atom is 0.453 e. The van der Waals surface area contributed by atoms with E-state index in [0.29, 0.717) is 42.4 Å². The van der Waals surface area contributed by atoms with Crippen LogP contribution in [-0.2, 0) is 23.7 Å². The van der Waals surface area contributed by atoms with Gasteiger partial charge in [-0.05, 0) is 110 Å². The van der Waals surface area contributed by atoms with Gasteiger partial charge in [0.05, 0.1) is 0 Å². The summed E-state index contributed by atoms with van der Waals surface area (Å²) in [5.74, 6) is -3.09. The Morgan fingerprint density at radius 3 is 1.69 bits per heavy atom. The summed E-state index contributed by atoms with van der Waals surface area (Å²) in [5, 5.41) is 14.5. The number of thioether (sulfide) groups is 2.